The van der Waals surface area contributed by atoms with Crippen molar-refractivity contribution >= 4 is 19.4 Å². The molecule has 24 heavy (non-hydrogen) atoms. The summed E-state index contributed by atoms with van der Waals surface area (Å²) in [6, 6.07) is 12.9. The van der Waals surface area contributed by atoms with Gasteiger partial charge >= 0.3 is 18.9 Å². The molecule has 6 heteroatoms. The van der Waals surface area contributed by atoms with Gasteiger partial charge in [-0.1, -0.05) is 18.2 Å². The smallest absolute Gasteiger partial charge is 1.00 e. The van der Waals surface area contributed by atoms with Crippen molar-refractivity contribution in [2.75, 3.05) is 14.2 Å². The van der Waals surface area contributed by atoms with Crippen LogP contribution in [0.4, 0.5) is 0 Å². The van der Waals surface area contributed by atoms with E-state index in [0.29, 0.717) is 17.1 Å². The van der Waals surface area contributed by atoms with Crippen LogP contribution >= 0.6 is 8.58 Å². The second kappa shape index (κ2) is 9.74. The molecule has 2 aromatic carbocycles. The van der Waals surface area contributed by atoms with Crippen molar-refractivity contribution in [2.24, 2.45) is 0 Å². The Morgan fingerprint density at radius 3 is 2.00 bits per heavy atom. The zero-order valence-corrected chi connectivity index (χ0v) is 15.8. The van der Waals surface area contributed by atoms with Crippen LogP contribution in [0.15, 0.2) is 42.5 Å². The Bertz CT molecular complexity index is 655. The topological polar surface area (TPSA) is 44.8 Å². The van der Waals surface area contributed by atoms with Gasteiger partial charge in [0.1, 0.15) is 22.8 Å². The summed E-state index contributed by atoms with van der Waals surface area (Å²) in [6.45, 7) is 3.96. The van der Waals surface area contributed by atoms with Gasteiger partial charge in [0.2, 0.25) is 0 Å². The second-order valence-electron chi connectivity index (χ2n) is 5.18. The van der Waals surface area contributed by atoms with Crippen LogP contribution in [0, 0.1) is 0 Å². The molecule has 0 aliphatic carbocycles. The van der Waals surface area contributed by atoms with Crippen molar-refractivity contribution in [2.45, 2.75) is 20.0 Å². The number of hydrogen-bond donors (Lipinski definition) is 0. The Hall–Kier alpha value is -1.46. The van der Waals surface area contributed by atoms with E-state index < -0.39 is 0 Å². The maximum Gasteiger partial charge on any atom is 1.00 e. The first-order chi connectivity index (χ1) is 11.0. The van der Waals surface area contributed by atoms with E-state index in [0.717, 1.165) is 11.1 Å². The van der Waals surface area contributed by atoms with E-state index in [1.54, 1.807) is 32.4 Å². The van der Waals surface area contributed by atoms with Gasteiger partial charge in [-0.2, -0.15) is 0 Å². The number of hydrogen-bond acceptors (Lipinski definition) is 4. The molecule has 2 aromatic rings. The molecule has 0 radical (unpaired) electrons. The minimum Gasteiger partial charge on any atom is -1.00 e. The Labute approximate surface area is 158 Å². The van der Waals surface area contributed by atoms with Crippen LogP contribution in [0.1, 0.15) is 25.6 Å². The number of ether oxygens (including phenoxy) is 3. The third-order valence-corrected chi connectivity index (χ3v) is 4.24. The maximum absolute atomic E-state index is 12.7. The quantitative estimate of drug-likeness (QED) is 0.551. The molecule has 4 nitrogen and oxygen atoms in total. The van der Waals surface area contributed by atoms with Gasteiger partial charge in [0, 0.05) is 0 Å². The van der Waals surface area contributed by atoms with Gasteiger partial charge in [0.15, 0.2) is 5.52 Å². The van der Waals surface area contributed by atoms with Crippen molar-refractivity contribution in [1.29, 1.82) is 0 Å². The van der Waals surface area contributed by atoms with Gasteiger partial charge < -0.3 is 15.6 Å². The van der Waals surface area contributed by atoms with Gasteiger partial charge in [-0.05, 0) is 52.0 Å². The van der Waals surface area contributed by atoms with Crippen molar-refractivity contribution in [3.05, 3.63) is 48.0 Å². The number of carbonyl (C=O) groups excluding carboxylic acids is 1. The van der Waals surface area contributed by atoms with Crippen molar-refractivity contribution in [1.82, 2.24) is 0 Å². The fourth-order valence-electron chi connectivity index (χ4n) is 2.16. The number of methoxy groups -OCH3 is 2. The second-order valence-corrected chi connectivity index (χ2v) is 6.46. The maximum atomic E-state index is 12.7. The molecular weight excluding hydrogens is 318 g/mol. The third kappa shape index (κ3) is 5.28. The van der Waals surface area contributed by atoms with Crippen LogP contribution in [0.5, 0.6) is 17.2 Å². The molecule has 0 bridgehead atoms. The zero-order valence-electron chi connectivity index (χ0n) is 15.8. The fourth-order valence-corrected chi connectivity index (χ4v) is 3.12. The largest absolute Gasteiger partial charge is 1.00 e. The summed E-state index contributed by atoms with van der Waals surface area (Å²) in [5.74, 6) is 1.86. The molecule has 0 fully saturated rings. The molecular formula is C18H22LiO4P. The number of carbonyl (C=O) groups is 1. The summed E-state index contributed by atoms with van der Waals surface area (Å²) in [6.07, 6.45) is 0.128. The molecule has 0 N–H and O–H groups in total. The van der Waals surface area contributed by atoms with Crippen LogP contribution in [0.2, 0.25) is 0 Å². The molecule has 0 aliphatic rings. The molecule has 0 aliphatic heterocycles. The average Bonchev–Trinajstić information content (AvgIpc) is 2.55. The van der Waals surface area contributed by atoms with Crippen LogP contribution in [-0.4, -0.2) is 25.8 Å². The van der Waals surface area contributed by atoms with Crippen molar-refractivity contribution in [3.63, 3.8) is 0 Å². The molecule has 0 heterocycles. The van der Waals surface area contributed by atoms with E-state index in [1.165, 1.54) is 0 Å². The molecule has 124 valence electrons. The summed E-state index contributed by atoms with van der Waals surface area (Å²) >= 11 is 0. The van der Waals surface area contributed by atoms with Gasteiger partial charge in [-0.25, -0.2) is 0 Å². The van der Waals surface area contributed by atoms with Crippen molar-refractivity contribution < 1.29 is 39.3 Å². The zero-order chi connectivity index (χ0) is 16.8. The first-order valence-corrected chi connectivity index (χ1v) is 8.34. The summed E-state index contributed by atoms with van der Waals surface area (Å²) in [4.78, 5) is 12.7. The van der Waals surface area contributed by atoms with E-state index in [9.17, 15) is 4.79 Å². The molecule has 0 saturated carbocycles. The summed E-state index contributed by atoms with van der Waals surface area (Å²) in [7, 11) is 3.09. The Morgan fingerprint density at radius 1 is 1.00 bits per heavy atom. The van der Waals surface area contributed by atoms with Crippen LogP contribution in [0.25, 0.3) is 0 Å². The van der Waals surface area contributed by atoms with Crippen molar-refractivity contribution in [3.8, 4) is 17.2 Å². The van der Waals surface area contributed by atoms with Gasteiger partial charge in [-0.15, -0.1) is 0 Å². The van der Waals surface area contributed by atoms with Crippen LogP contribution in [-0.2, 0) is 0 Å². The number of benzene rings is 2. The predicted molar refractivity (Wildman–Crippen MR) is 95.1 cm³/mol. The SMILES string of the molecule is COc1cccc(OC)c1C(=O)Pc1ccc(OC(C)C)cc1.[H-].[Li+]. The minimum atomic E-state index is -0.0168. The van der Waals surface area contributed by atoms with E-state index in [4.69, 9.17) is 14.2 Å². The Morgan fingerprint density at radius 2 is 1.54 bits per heavy atom. The van der Waals surface area contributed by atoms with Gasteiger partial charge in [0.05, 0.1) is 20.3 Å². The Kier molecular flexibility index (Phi) is 8.35. The van der Waals surface area contributed by atoms with Crippen LogP contribution in [0.3, 0.4) is 0 Å². The monoisotopic (exact) mass is 340 g/mol. The summed E-state index contributed by atoms with van der Waals surface area (Å²) in [5.41, 5.74) is 0.468. The molecule has 1 unspecified atom stereocenters. The fraction of sp³-hybridized carbons (Fsp3) is 0.278. The first-order valence-electron chi connectivity index (χ1n) is 7.34. The predicted octanol–water partition coefficient (Wildman–Crippen LogP) is 0.752. The standard InChI is InChI=1S/C18H21O4P.Li.H/c1-12(2)22-13-8-10-14(11-9-13)23-18(19)17-15(20-3)6-5-7-16(17)21-4;;/h5-12,23H,1-4H3;;/q;+1;-1. The molecule has 2 rings (SSSR count). The average molecular weight is 340 g/mol. The molecule has 0 saturated heterocycles. The Balaban J connectivity index is 0.00000288. The third-order valence-electron chi connectivity index (χ3n) is 3.14. The number of rotatable bonds is 7. The molecule has 1 atom stereocenters. The molecule has 0 aromatic heterocycles. The van der Waals surface area contributed by atoms with Gasteiger partial charge in [-0.3, -0.25) is 4.79 Å². The summed E-state index contributed by atoms with van der Waals surface area (Å²) < 4.78 is 16.2. The summed E-state index contributed by atoms with van der Waals surface area (Å²) in [5, 5.41) is 0.944. The van der Waals surface area contributed by atoms with E-state index in [1.807, 2.05) is 38.1 Å². The van der Waals surface area contributed by atoms with E-state index in [-0.39, 0.29) is 40.5 Å². The van der Waals surface area contributed by atoms with E-state index >= 15 is 0 Å². The first kappa shape index (κ1) is 20.6. The van der Waals surface area contributed by atoms with E-state index in [2.05, 4.69) is 0 Å². The molecule has 0 spiro atoms. The van der Waals surface area contributed by atoms with Crippen LogP contribution < -0.4 is 38.4 Å². The molecule has 0 amide bonds. The van der Waals surface area contributed by atoms with Gasteiger partial charge in [0.25, 0.3) is 0 Å². The normalized spacial score (nSPS) is 10.5. The minimum absolute atomic E-state index is 0.